The largest absolute Gasteiger partial charge is 0.494 e. The van der Waals surface area contributed by atoms with Crippen molar-refractivity contribution in [3.8, 4) is 11.6 Å². The van der Waals surface area contributed by atoms with Gasteiger partial charge in [0.1, 0.15) is 35.1 Å². The highest BCUT2D eigenvalue weighted by Gasteiger charge is 2.62. The van der Waals surface area contributed by atoms with Gasteiger partial charge in [-0.15, -0.1) is 13.2 Å². The van der Waals surface area contributed by atoms with Gasteiger partial charge in [0.15, 0.2) is 0 Å². The van der Waals surface area contributed by atoms with E-state index in [9.17, 15) is 27.6 Å². The number of carbonyl (C=O) groups excluding carboxylic acids is 4. The quantitative estimate of drug-likeness (QED) is 0.189. The second kappa shape index (κ2) is 16.6. The first kappa shape index (κ1) is 41.5. The molecule has 4 amide bonds. The molecule has 1 saturated heterocycles. The minimum absolute atomic E-state index is 0.0147. The number of rotatable bonds is 17. The number of alkyl carbamates (subject to hydrolysis) is 1. The van der Waals surface area contributed by atoms with Gasteiger partial charge in [-0.25, -0.2) is 18.2 Å². The normalized spacial score (nSPS) is 23.8. The van der Waals surface area contributed by atoms with Gasteiger partial charge in [-0.3, -0.25) is 19.1 Å². The number of methoxy groups -OCH3 is 1. The lowest BCUT2D eigenvalue weighted by atomic mass is 9.92. The Morgan fingerprint density at radius 2 is 1.78 bits per heavy atom. The van der Waals surface area contributed by atoms with Crippen LogP contribution < -0.4 is 24.8 Å². The molecular formula is C40H55N5O9S. The Morgan fingerprint density at radius 3 is 2.38 bits per heavy atom. The molecule has 300 valence electrons. The van der Waals surface area contributed by atoms with Gasteiger partial charge in [-0.05, 0) is 70.8 Å². The highest BCUT2D eigenvalue weighted by molar-refractivity contribution is 7.91. The number of pyridine rings is 1. The summed E-state index contributed by atoms with van der Waals surface area (Å²) >= 11 is 0. The summed E-state index contributed by atoms with van der Waals surface area (Å²) in [6.07, 6.45) is 6.63. The van der Waals surface area contributed by atoms with Gasteiger partial charge in [0, 0.05) is 23.1 Å². The molecule has 0 bridgehead atoms. The summed E-state index contributed by atoms with van der Waals surface area (Å²) in [5, 5.41) is 6.37. The molecule has 1 aliphatic heterocycles. The third-order valence-electron chi connectivity index (χ3n) is 10.5. The Labute approximate surface area is 323 Å². The molecule has 3 aliphatic rings. The predicted octanol–water partition coefficient (Wildman–Crippen LogP) is 4.78. The van der Waals surface area contributed by atoms with Crippen LogP contribution >= 0.6 is 0 Å². The molecule has 14 nitrogen and oxygen atoms in total. The molecule has 2 aromatic rings. The van der Waals surface area contributed by atoms with E-state index in [2.05, 4.69) is 40.4 Å². The maximum atomic E-state index is 14.8. The van der Waals surface area contributed by atoms with E-state index in [1.807, 2.05) is 37.3 Å². The highest BCUT2D eigenvalue weighted by atomic mass is 32.2. The number of aromatic nitrogens is 1. The summed E-state index contributed by atoms with van der Waals surface area (Å²) in [4.78, 5) is 61.7. The molecule has 2 heterocycles. The van der Waals surface area contributed by atoms with E-state index in [0.29, 0.717) is 30.4 Å². The van der Waals surface area contributed by atoms with E-state index in [4.69, 9.17) is 14.2 Å². The smallest absolute Gasteiger partial charge is 0.408 e. The number of fused-ring (bicyclic) bond motifs is 1. The molecule has 7 atom stereocenters. The van der Waals surface area contributed by atoms with Crippen LogP contribution in [-0.4, -0.2) is 90.3 Å². The molecule has 0 spiro atoms. The van der Waals surface area contributed by atoms with E-state index >= 15 is 0 Å². The van der Waals surface area contributed by atoms with E-state index in [-0.39, 0.29) is 37.1 Å². The molecule has 2 aliphatic carbocycles. The van der Waals surface area contributed by atoms with Crippen molar-refractivity contribution in [2.75, 3.05) is 13.7 Å². The molecule has 1 aromatic carbocycles. The van der Waals surface area contributed by atoms with Crippen LogP contribution in [0.25, 0.3) is 10.8 Å². The first-order chi connectivity index (χ1) is 25.9. The number of nitrogens with zero attached hydrogens (tertiary/aromatic N) is 2. The average molecular weight is 782 g/mol. The Hall–Kier alpha value is -4.66. The number of likely N-dealkylation sites (tertiary alicyclic amines) is 1. The van der Waals surface area contributed by atoms with Crippen LogP contribution in [0.2, 0.25) is 0 Å². The average Bonchev–Trinajstić information content (AvgIpc) is 4.06. The first-order valence-corrected chi connectivity index (χ1v) is 20.5. The summed E-state index contributed by atoms with van der Waals surface area (Å²) in [5.41, 5.74) is -2.40. The number of nitrogens with one attached hydrogen (secondary N) is 3. The van der Waals surface area contributed by atoms with Crippen LogP contribution in [0.5, 0.6) is 11.6 Å². The third kappa shape index (κ3) is 9.78. The minimum Gasteiger partial charge on any atom is -0.494 e. The molecule has 5 rings (SSSR count). The van der Waals surface area contributed by atoms with Crippen molar-refractivity contribution >= 4 is 44.6 Å². The van der Waals surface area contributed by atoms with E-state index in [0.717, 1.165) is 18.2 Å². The van der Waals surface area contributed by atoms with Crippen molar-refractivity contribution in [3.63, 3.8) is 0 Å². The molecule has 3 N–H and O–H groups in total. The zero-order chi connectivity index (χ0) is 40.3. The molecule has 55 heavy (non-hydrogen) atoms. The number of carbonyl (C=O) groups is 4. The van der Waals surface area contributed by atoms with Crippen LogP contribution in [0.1, 0.15) is 79.6 Å². The topological polar surface area (TPSA) is 182 Å². The number of benzene rings is 1. The number of hydrogen-bond donors (Lipinski definition) is 3. The fourth-order valence-electron chi connectivity index (χ4n) is 7.06. The number of hydrogen-bond acceptors (Lipinski definition) is 10. The van der Waals surface area contributed by atoms with E-state index < -0.39 is 74.3 Å². The SMILES string of the molecule is C=CC(C)CCC[C@@H](C)[C@H](NC(=O)OC(C)(C)C)C(=O)N1C[C@H](Oc2ncc(OC)c3ccccc23)CC1C(=O)N[C@]1(C(=O)NS(=O)(=O)C2CC2)C[C@H]1C=C. The van der Waals surface area contributed by atoms with Gasteiger partial charge in [0.2, 0.25) is 27.7 Å². The van der Waals surface area contributed by atoms with Gasteiger partial charge >= 0.3 is 6.09 Å². The van der Waals surface area contributed by atoms with Crippen LogP contribution in [0.15, 0.2) is 55.8 Å². The van der Waals surface area contributed by atoms with Crippen molar-refractivity contribution in [2.45, 2.75) is 114 Å². The molecular weight excluding hydrogens is 727 g/mol. The van der Waals surface area contributed by atoms with Crippen LogP contribution in [0.3, 0.4) is 0 Å². The number of ether oxygens (including phenoxy) is 3. The van der Waals surface area contributed by atoms with Crippen molar-refractivity contribution in [1.82, 2.24) is 25.2 Å². The maximum absolute atomic E-state index is 14.8. The Balaban J connectivity index is 1.46. The van der Waals surface area contributed by atoms with Gasteiger partial charge < -0.3 is 29.7 Å². The molecule has 1 aromatic heterocycles. The molecule has 3 fully saturated rings. The van der Waals surface area contributed by atoms with Crippen molar-refractivity contribution in [3.05, 3.63) is 55.8 Å². The lowest BCUT2D eigenvalue weighted by molar-refractivity contribution is -0.142. The number of sulfonamides is 1. The van der Waals surface area contributed by atoms with Gasteiger partial charge in [0.05, 0.1) is 25.1 Å². The third-order valence-corrected chi connectivity index (χ3v) is 12.4. The minimum atomic E-state index is -3.91. The summed E-state index contributed by atoms with van der Waals surface area (Å²) in [5.74, 6) is -1.86. The lowest BCUT2D eigenvalue weighted by Crippen LogP contribution is -2.59. The zero-order valence-electron chi connectivity index (χ0n) is 32.6. The summed E-state index contributed by atoms with van der Waals surface area (Å²) in [6.45, 7) is 16.7. The Morgan fingerprint density at radius 1 is 1.09 bits per heavy atom. The fraction of sp³-hybridized carbons (Fsp3) is 0.575. The zero-order valence-corrected chi connectivity index (χ0v) is 33.4. The maximum Gasteiger partial charge on any atom is 0.408 e. The highest BCUT2D eigenvalue weighted by Crippen LogP contribution is 2.45. The van der Waals surface area contributed by atoms with Crippen molar-refractivity contribution in [1.29, 1.82) is 0 Å². The van der Waals surface area contributed by atoms with Crippen LogP contribution in [0.4, 0.5) is 4.79 Å². The predicted molar refractivity (Wildman–Crippen MR) is 208 cm³/mol. The standard InChI is InChI=1S/C40H55N5O9S/c1-9-24(3)14-13-15-25(4)33(42-38(49)54-39(5,6)7)36(47)45-23-27(53-35-30-17-12-11-16-29(30)32(52-8)22-41-35)20-31(45)34(46)43-40(21-26(40)10-2)37(48)44-55(50,51)28-18-19-28/h9-12,16-17,22,24-28,31,33H,1-2,13-15,18-21,23H2,3-8H3,(H,42,49)(H,43,46)(H,44,48)/t24?,25-,26-,27-,31?,33+,40-/m1/s1. The molecule has 0 radical (unpaired) electrons. The monoisotopic (exact) mass is 781 g/mol. The molecule has 2 unspecified atom stereocenters. The van der Waals surface area contributed by atoms with Crippen LogP contribution in [0, 0.1) is 17.8 Å². The second-order valence-corrected chi connectivity index (χ2v) is 18.0. The van der Waals surface area contributed by atoms with Gasteiger partial charge in [0.25, 0.3) is 5.91 Å². The van der Waals surface area contributed by atoms with Gasteiger partial charge in [-0.2, -0.15) is 0 Å². The Kier molecular flexibility index (Phi) is 12.5. The first-order valence-electron chi connectivity index (χ1n) is 18.9. The van der Waals surface area contributed by atoms with Crippen molar-refractivity contribution in [2.24, 2.45) is 17.8 Å². The van der Waals surface area contributed by atoms with Crippen molar-refractivity contribution < 1.29 is 41.8 Å². The molecule has 15 heteroatoms. The summed E-state index contributed by atoms with van der Waals surface area (Å²) < 4.78 is 45.1. The van der Waals surface area contributed by atoms with Crippen LogP contribution in [-0.2, 0) is 29.1 Å². The van der Waals surface area contributed by atoms with E-state index in [1.165, 1.54) is 17.2 Å². The Bertz CT molecular complexity index is 1910. The van der Waals surface area contributed by atoms with E-state index in [1.54, 1.807) is 27.9 Å². The summed E-state index contributed by atoms with van der Waals surface area (Å²) in [7, 11) is -2.37. The number of amides is 4. The van der Waals surface area contributed by atoms with Gasteiger partial charge in [-0.1, -0.05) is 50.6 Å². The summed E-state index contributed by atoms with van der Waals surface area (Å²) in [6, 6.07) is 5.16. The molecule has 2 saturated carbocycles. The second-order valence-electron chi connectivity index (χ2n) is 16.1. The fourth-order valence-corrected chi connectivity index (χ4v) is 8.42. The lowest BCUT2D eigenvalue weighted by Gasteiger charge is -2.33. The number of allylic oxidation sites excluding steroid dienone is 1.